The van der Waals surface area contributed by atoms with Crippen molar-refractivity contribution in [3.05, 3.63) is 0 Å². The second-order valence-corrected chi connectivity index (χ2v) is 3.16. The summed E-state index contributed by atoms with van der Waals surface area (Å²) < 4.78 is 0. The van der Waals surface area contributed by atoms with Gasteiger partial charge in [-0.1, -0.05) is 6.92 Å². The lowest BCUT2D eigenvalue weighted by Crippen LogP contribution is -2.53. The zero-order valence-corrected chi connectivity index (χ0v) is 7.87. The minimum atomic E-state index is -1.14. The van der Waals surface area contributed by atoms with Gasteiger partial charge in [0.15, 0.2) is 0 Å². The molecule has 0 aromatic heterocycles. The van der Waals surface area contributed by atoms with Crippen molar-refractivity contribution in [2.45, 2.75) is 25.8 Å². The fourth-order valence-electron chi connectivity index (χ4n) is 0.934. The van der Waals surface area contributed by atoms with Gasteiger partial charge in [-0.2, -0.15) is 0 Å². The molecule has 0 fully saturated rings. The molecule has 12 heavy (non-hydrogen) atoms. The van der Waals surface area contributed by atoms with E-state index in [2.05, 4.69) is 0 Å². The van der Waals surface area contributed by atoms with Crippen LogP contribution in [0.25, 0.3) is 0 Å². The van der Waals surface area contributed by atoms with Gasteiger partial charge in [0.2, 0.25) is 0 Å². The summed E-state index contributed by atoms with van der Waals surface area (Å²) in [7, 11) is 1.70. The Morgan fingerprint density at radius 1 is 1.58 bits per heavy atom. The molecule has 0 bridgehead atoms. The van der Waals surface area contributed by atoms with E-state index in [9.17, 15) is 4.79 Å². The monoisotopic (exact) mass is 175 g/mol. The van der Waals surface area contributed by atoms with E-state index in [4.69, 9.17) is 10.2 Å². The molecule has 1 unspecified atom stereocenters. The summed E-state index contributed by atoms with van der Waals surface area (Å²) in [5, 5.41) is 17.8. The highest BCUT2D eigenvalue weighted by Gasteiger charge is 2.36. The molecule has 0 heterocycles. The highest BCUT2D eigenvalue weighted by molar-refractivity contribution is 5.78. The zero-order valence-electron chi connectivity index (χ0n) is 7.87. The van der Waals surface area contributed by atoms with Gasteiger partial charge in [0, 0.05) is 0 Å². The van der Waals surface area contributed by atoms with E-state index < -0.39 is 11.5 Å². The Hall–Kier alpha value is -0.610. The van der Waals surface area contributed by atoms with Crippen LogP contribution in [0.1, 0.15) is 20.3 Å². The van der Waals surface area contributed by atoms with Crippen molar-refractivity contribution in [3.63, 3.8) is 0 Å². The van der Waals surface area contributed by atoms with Gasteiger partial charge in [-0.05, 0) is 26.9 Å². The molecule has 4 heteroatoms. The molecular weight excluding hydrogens is 158 g/mol. The van der Waals surface area contributed by atoms with Crippen LogP contribution in [-0.4, -0.2) is 46.8 Å². The van der Waals surface area contributed by atoms with Gasteiger partial charge >= 0.3 is 5.97 Å². The molecule has 0 amide bonds. The first-order chi connectivity index (χ1) is 5.49. The summed E-state index contributed by atoms with van der Waals surface area (Å²) in [5.41, 5.74) is -1.14. The lowest BCUT2D eigenvalue weighted by Gasteiger charge is -2.32. The summed E-state index contributed by atoms with van der Waals surface area (Å²) in [4.78, 5) is 12.4. The molecule has 1 atom stereocenters. The summed E-state index contributed by atoms with van der Waals surface area (Å²) in [6.45, 7) is 3.79. The normalized spacial score (nSPS) is 16.1. The number of rotatable bonds is 5. The molecular formula is C8H17NO3. The predicted octanol–water partition coefficient (Wildman–Crippen LogP) is 0.164. The van der Waals surface area contributed by atoms with Crippen LogP contribution in [0.15, 0.2) is 0 Å². The number of nitrogens with zero attached hydrogens (tertiary/aromatic N) is 1. The maximum atomic E-state index is 10.8. The fourth-order valence-corrected chi connectivity index (χ4v) is 0.934. The van der Waals surface area contributed by atoms with Crippen LogP contribution in [0.5, 0.6) is 0 Å². The summed E-state index contributed by atoms with van der Waals surface area (Å²) in [6, 6.07) is 0. The average molecular weight is 175 g/mol. The molecule has 0 aliphatic heterocycles. The number of carbonyl (C=O) groups is 1. The third-order valence-corrected chi connectivity index (χ3v) is 2.17. The van der Waals surface area contributed by atoms with Crippen molar-refractivity contribution in [1.29, 1.82) is 0 Å². The fraction of sp³-hybridized carbons (Fsp3) is 0.875. The van der Waals surface area contributed by atoms with E-state index in [0.717, 1.165) is 6.42 Å². The van der Waals surface area contributed by atoms with Gasteiger partial charge in [-0.15, -0.1) is 0 Å². The van der Waals surface area contributed by atoms with E-state index >= 15 is 0 Å². The number of aliphatic hydroxyl groups excluding tert-OH is 1. The molecule has 4 nitrogen and oxygen atoms in total. The molecule has 0 saturated carbocycles. The molecule has 0 aliphatic rings. The average Bonchev–Trinajstić information content (AvgIpc) is 2.03. The van der Waals surface area contributed by atoms with E-state index in [1.54, 1.807) is 11.9 Å². The minimum Gasteiger partial charge on any atom is -0.480 e. The first-order valence-corrected chi connectivity index (χ1v) is 4.04. The SMILES string of the molecule is CCCN(C)C(C)(CO)C(=O)O. The van der Waals surface area contributed by atoms with Gasteiger partial charge in [-0.3, -0.25) is 9.69 Å². The third kappa shape index (κ3) is 2.19. The number of carboxylic acids is 1. The Bertz CT molecular complexity index is 160. The Morgan fingerprint density at radius 3 is 2.33 bits per heavy atom. The maximum absolute atomic E-state index is 10.8. The molecule has 0 saturated heterocycles. The Kier molecular flexibility index (Phi) is 4.20. The highest BCUT2D eigenvalue weighted by Crippen LogP contribution is 2.12. The van der Waals surface area contributed by atoms with Crippen molar-refractivity contribution in [2.24, 2.45) is 0 Å². The van der Waals surface area contributed by atoms with Gasteiger partial charge < -0.3 is 10.2 Å². The van der Waals surface area contributed by atoms with Crippen LogP contribution in [0.3, 0.4) is 0 Å². The number of carboxylic acid groups (broad SMARTS) is 1. The molecule has 0 aromatic carbocycles. The number of likely N-dealkylation sites (N-methyl/N-ethyl adjacent to an activating group) is 1. The smallest absolute Gasteiger partial charge is 0.326 e. The minimum absolute atomic E-state index is 0.362. The molecule has 0 rings (SSSR count). The molecule has 0 spiro atoms. The molecule has 2 N–H and O–H groups in total. The maximum Gasteiger partial charge on any atom is 0.326 e. The molecule has 0 aliphatic carbocycles. The highest BCUT2D eigenvalue weighted by atomic mass is 16.4. The Morgan fingerprint density at radius 2 is 2.08 bits per heavy atom. The number of hydrogen-bond donors (Lipinski definition) is 2. The first-order valence-electron chi connectivity index (χ1n) is 4.04. The van der Waals surface area contributed by atoms with Gasteiger partial charge in [0.25, 0.3) is 0 Å². The summed E-state index contributed by atoms with van der Waals surface area (Å²) in [5.74, 6) is -0.985. The van der Waals surface area contributed by atoms with Crippen molar-refractivity contribution in [3.8, 4) is 0 Å². The van der Waals surface area contributed by atoms with Crippen LogP contribution in [0.4, 0.5) is 0 Å². The van der Waals surface area contributed by atoms with Crippen LogP contribution in [0.2, 0.25) is 0 Å². The molecule has 0 aromatic rings. The topological polar surface area (TPSA) is 60.8 Å². The van der Waals surface area contributed by atoms with E-state index in [0.29, 0.717) is 6.54 Å². The number of aliphatic carboxylic acids is 1. The van der Waals surface area contributed by atoms with Crippen LogP contribution in [0, 0.1) is 0 Å². The van der Waals surface area contributed by atoms with Crippen LogP contribution in [-0.2, 0) is 4.79 Å². The second kappa shape index (κ2) is 4.42. The standard InChI is InChI=1S/C8H17NO3/c1-4-5-9(3)8(2,6-10)7(11)12/h10H,4-6H2,1-3H3,(H,11,12). The van der Waals surface area contributed by atoms with Crippen molar-refractivity contribution < 1.29 is 15.0 Å². The molecule has 0 radical (unpaired) electrons. The quantitative estimate of drug-likeness (QED) is 0.625. The van der Waals surface area contributed by atoms with Crippen molar-refractivity contribution in [2.75, 3.05) is 20.2 Å². The van der Waals surface area contributed by atoms with E-state index in [-0.39, 0.29) is 6.61 Å². The summed E-state index contributed by atoms with van der Waals surface area (Å²) in [6.07, 6.45) is 0.874. The number of aliphatic hydroxyl groups is 1. The Balaban J connectivity index is 4.39. The summed E-state index contributed by atoms with van der Waals surface area (Å²) >= 11 is 0. The number of hydrogen-bond acceptors (Lipinski definition) is 3. The van der Waals surface area contributed by atoms with E-state index in [1.165, 1.54) is 6.92 Å². The lowest BCUT2D eigenvalue weighted by atomic mass is 10.0. The first kappa shape index (κ1) is 11.4. The van der Waals surface area contributed by atoms with Crippen molar-refractivity contribution >= 4 is 5.97 Å². The zero-order chi connectivity index (χ0) is 9.78. The largest absolute Gasteiger partial charge is 0.480 e. The predicted molar refractivity (Wildman–Crippen MR) is 46.0 cm³/mol. The van der Waals surface area contributed by atoms with Gasteiger partial charge in [0.1, 0.15) is 5.54 Å². The van der Waals surface area contributed by atoms with Gasteiger partial charge in [-0.25, -0.2) is 0 Å². The van der Waals surface area contributed by atoms with Crippen molar-refractivity contribution in [1.82, 2.24) is 4.90 Å². The molecule has 72 valence electrons. The Labute approximate surface area is 72.8 Å². The van der Waals surface area contributed by atoms with Gasteiger partial charge in [0.05, 0.1) is 6.61 Å². The van der Waals surface area contributed by atoms with Crippen LogP contribution < -0.4 is 0 Å². The second-order valence-electron chi connectivity index (χ2n) is 3.16. The van der Waals surface area contributed by atoms with E-state index in [1.807, 2.05) is 6.92 Å². The third-order valence-electron chi connectivity index (χ3n) is 2.17. The van der Waals surface area contributed by atoms with Crippen LogP contribution >= 0.6 is 0 Å². The lowest BCUT2D eigenvalue weighted by molar-refractivity contribution is -0.152.